The molecule has 31 heavy (non-hydrogen) atoms. The average molecular weight is 457 g/mol. The van der Waals surface area contributed by atoms with Gasteiger partial charge in [-0.2, -0.15) is 0 Å². The number of thiazole rings is 1. The molecule has 2 amide bonds. The molecule has 162 valence electrons. The molecular weight excluding hydrogens is 432 g/mol. The van der Waals surface area contributed by atoms with Crippen molar-refractivity contribution in [3.8, 4) is 17.0 Å². The minimum atomic E-state index is -0.399. The van der Waals surface area contributed by atoms with Crippen molar-refractivity contribution in [1.82, 2.24) is 15.3 Å². The van der Waals surface area contributed by atoms with Gasteiger partial charge in [0.05, 0.1) is 27.3 Å². The molecule has 9 heteroatoms. The molecule has 0 saturated carbocycles. The largest absolute Gasteiger partial charge is 0.489 e. The first-order valence-corrected chi connectivity index (χ1v) is 11.8. The number of thioether (sulfide) groups is 1. The van der Waals surface area contributed by atoms with Crippen molar-refractivity contribution in [2.75, 3.05) is 5.32 Å². The average Bonchev–Trinajstić information content (AvgIpc) is 3.23. The Balaban J connectivity index is 1.63. The number of amides is 2. The predicted octanol–water partition coefficient (Wildman–Crippen LogP) is 4.86. The fourth-order valence-electron chi connectivity index (χ4n) is 3.26. The van der Waals surface area contributed by atoms with Crippen molar-refractivity contribution in [3.63, 3.8) is 0 Å². The highest BCUT2D eigenvalue weighted by Gasteiger charge is 2.31. The lowest BCUT2D eigenvalue weighted by atomic mass is 10.1. The first-order valence-electron chi connectivity index (χ1n) is 10.1. The smallest absolute Gasteiger partial charge is 0.286 e. The molecule has 4 rings (SSSR count). The van der Waals surface area contributed by atoms with Crippen molar-refractivity contribution in [1.29, 1.82) is 0 Å². The zero-order valence-corrected chi connectivity index (χ0v) is 19.4. The number of rotatable bonds is 7. The minimum absolute atomic E-state index is 0.0372. The van der Waals surface area contributed by atoms with Gasteiger partial charge in [0, 0.05) is 17.8 Å². The van der Waals surface area contributed by atoms with Crippen LogP contribution in [0.3, 0.4) is 0 Å². The molecule has 0 radical (unpaired) electrons. The Morgan fingerprint density at radius 2 is 2.00 bits per heavy atom. The maximum atomic E-state index is 11.8. The van der Waals surface area contributed by atoms with E-state index in [-0.39, 0.29) is 17.3 Å². The summed E-state index contributed by atoms with van der Waals surface area (Å²) in [4.78, 5) is 32.5. The van der Waals surface area contributed by atoms with E-state index in [4.69, 9.17) is 9.72 Å². The second-order valence-electron chi connectivity index (χ2n) is 7.95. The standard InChI is InChI=1S/C22H24N4O3S2/c1-11(2)24-21-25-16-8-14(9-17(19(16)31-21)29-12(3)4)15-6-5-13(10-23-15)7-18-20(27)26-22(28)30-18/h5-6,8-12,18H,7H2,1-4H3,(H,24,25)(H,26,27,28). The van der Waals surface area contributed by atoms with Crippen molar-refractivity contribution in [2.24, 2.45) is 0 Å². The molecule has 1 saturated heterocycles. The number of hydrogen-bond donors (Lipinski definition) is 2. The number of carbonyl (C=O) groups excluding carboxylic acids is 2. The zero-order chi connectivity index (χ0) is 22.1. The van der Waals surface area contributed by atoms with Crippen LogP contribution in [-0.4, -0.2) is 38.5 Å². The number of benzene rings is 1. The highest BCUT2D eigenvalue weighted by molar-refractivity contribution is 8.15. The molecule has 1 aliphatic rings. The van der Waals surface area contributed by atoms with Gasteiger partial charge < -0.3 is 10.1 Å². The van der Waals surface area contributed by atoms with Crippen LogP contribution in [-0.2, 0) is 11.2 Å². The normalized spacial score (nSPS) is 16.4. The van der Waals surface area contributed by atoms with E-state index in [0.717, 1.165) is 49.7 Å². The van der Waals surface area contributed by atoms with E-state index in [0.29, 0.717) is 12.5 Å². The Morgan fingerprint density at radius 3 is 2.61 bits per heavy atom. The van der Waals surface area contributed by atoms with E-state index in [1.807, 2.05) is 38.1 Å². The summed E-state index contributed by atoms with van der Waals surface area (Å²) in [6.45, 7) is 8.17. The van der Waals surface area contributed by atoms with E-state index in [1.54, 1.807) is 17.5 Å². The number of imide groups is 1. The van der Waals surface area contributed by atoms with Crippen LogP contribution in [0.15, 0.2) is 30.5 Å². The molecule has 1 unspecified atom stereocenters. The van der Waals surface area contributed by atoms with Gasteiger partial charge in [0.1, 0.15) is 5.75 Å². The SMILES string of the molecule is CC(C)Nc1nc2cc(-c3ccc(CC4SC(=O)NC4=O)cn3)cc(OC(C)C)c2s1. The van der Waals surface area contributed by atoms with Gasteiger partial charge in [-0.3, -0.25) is 19.9 Å². The molecule has 0 aliphatic carbocycles. The fraction of sp³-hybridized carbons (Fsp3) is 0.364. The van der Waals surface area contributed by atoms with E-state index in [2.05, 4.69) is 29.5 Å². The quantitative estimate of drug-likeness (QED) is 0.524. The first kappa shape index (κ1) is 21.6. The lowest BCUT2D eigenvalue weighted by Crippen LogP contribution is -2.25. The lowest BCUT2D eigenvalue weighted by Gasteiger charge is -2.12. The second kappa shape index (κ2) is 8.84. The number of aromatic nitrogens is 2. The molecule has 7 nitrogen and oxygen atoms in total. The number of carbonyl (C=O) groups is 2. The van der Waals surface area contributed by atoms with Crippen LogP contribution in [0.4, 0.5) is 9.93 Å². The number of hydrogen-bond acceptors (Lipinski definition) is 8. The van der Waals surface area contributed by atoms with Crippen molar-refractivity contribution in [3.05, 3.63) is 36.0 Å². The maximum Gasteiger partial charge on any atom is 0.286 e. The summed E-state index contributed by atoms with van der Waals surface area (Å²) in [6, 6.07) is 8.18. The Kier molecular flexibility index (Phi) is 6.15. The number of nitrogens with one attached hydrogen (secondary N) is 2. The van der Waals surface area contributed by atoms with Crippen LogP contribution in [0.2, 0.25) is 0 Å². The van der Waals surface area contributed by atoms with Gasteiger partial charge in [-0.1, -0.05) is 29.2 Å². The number of anilines is 1. The number of ether oxygens (including phenoxy) is 1. The number of pyridine rings is 1. The van der Waals surface area contributed by atoms with Crippen molar-refractivity contribution >= 4 is 49.6 Å². The third kappa shape index (κ3) is 4.99. The molecule has 2 N–H and O–H groups in total. The molecule has 1 atom stereocenters. The molecule has 1 aliphatic heterocycles. The van der Waals surface area contributed by atoms with E-state index >= 15 is 0 Å². The van der Waals surface area contributed by atoms with Gasteiger partial charge >= 0.3 is 0 Å². The molecule has 3 heterocycles. The summed E-state index contributed by atoms with van der Waals surface area (Å²) in [7, 11) is 0. The fourth-order valence-corrected chi connectivity index (χ4v) is 5.17. The Bertz CT molecular complexity index is 1130. The summed E-state index contributed by atoms with van der Waals surface area (Å²) in [5.74, 6) is 0.551. The third-order valence-electron chi connectivity index (χ3n) is 4.54. The summed E-state index contributed by atoms with van der Waals surface area (Å²) >= 11 is 2.61. The zero-order valence-electron chi connectivity index (χ0n) is 17.8. The lowest BCUT2D eigenvalue weighted by molar-refractivity contribution is -0.118. The monoisotopic (exact) mass is 456 g/mol. The molecule has 1 fully saturated rings. The van der Waals surface area contributed by atoms with Crippen LogP contribution in [0.5, 0.6) is 5.75 Å². The Morgan fingerprint density at radius 1 is 1.19 bits per heavy atom. The van der Waals surface area contributed by atoms with Crippen LogP contribution >= 0.6 is 23.1 Å². The van der Waals surface area contributed by atoms with Gasteiger partial charge in [0.25, 0.3) is 5.24 Å². The Labute approximate surface area is 189 Å². The molecule has 1 aromatic carbocycles. The molecular formula is C22H24N4O3S2. The Hall–Kier alpha value is -2.65. The van der Waals surface area contributed by atoms with Crippen LogP contribution < -0.4 is 15.4 Å². The predicted molar refractivity (Wildman–Crippen MR) is 126 cm³/mol. The van der Waals surface area contributed by atoms with Gasteiger partial charge in [0.15, 0.2) is 5.13 Å². The molecule has 0 spiro atoms. The number of nitrogens with zero attached hydrogens (tertiary/aromatic N) is 2. The highest BCUT2D eigenvalue weighted by atomic mass is 32.2. The summed E-state index contributed by atoms with van der Waals surface area (Å²) in [6.07, 6.45) is 2.26. The van der Waals surface area contributed by atoms with Gasteiger partial charge in [0.2, 0.25) is 5.91 Å². The highest BCUT2D eigenvalue weighted by Crippen LogP contribution is 2.38. The molecule has 0 bridgehead atoms. The molecule has 2 aromatic heterocycles. The van der Waals surface area contributed by atoms with Crippen LogP contribution in [0, 0.1) is 0 Å². The van der Waals surface area contributed by atoms with E-state index in [9.17, 15) is 9.59 Å². The minimum Gasteiger partial charge on any atom is -0.489 e. The third-order valence-corrected chi connectivity index (χ3v) is 6.54. The van der Waals surface area contributed by atoms with Crippen LogP contribution in [0.1, 0.15) is 33.3 Å². The van der Waals surface area contributed by atoms with Crippen molar-refractivity contribution < 1.29 is 14.3 Å². The topological polar surface area (TPSA) is 93.2 Å². The second-order valence-corrected chi connectivity index (χ2v) is 10.1. The van der Waals surface area contributed by atoms with Gasteiger partial charge in [-0.15, -0.1) is 0 Å². The van der Waals surface area contributed by atoms with Gasteiger partial charge in [-0.05, 0) is 57.9 Å². The number of fused-ring (bicyclic) bond motifs is 1. The van der Waals surface area contributed by atoms with Crippen LogP contribution in [0.25, 0.3) is 21.5 Å². The van der Waals surface area contributed by atoms with E-state index in [1.165, 1.54) is 0 Å². The van der Waals surface area contributed by atoms with Gasteiger partial charge in [-0.25, -0.2) is 4.98 Å². The molecule has 3 aromatic rings. The van der Waals surface area contributed by atoms with E-state index < -0.39 is 5.25 Å². The van der Waals surface area contributed by atoms with Crippen molar-refractivity contribution in [2.45, 2.75) is 51.5 Å². The summed E-state index contributed by atoms with van der Waals surface area (Å²) in [5.41, 5.74) is 3.48. The summed E-state index contributed by atoms with van der Waals surface area (Å²) in [5, 5.41) is 5.85. The first-order chi connectivity index (χ1) is 14.8. The summed E-state index contributed by atoms with van der Waals surface area (Å²) < 4.78 is 7.08. The maximum absolute atomic E-state index is 11.8.